The fraction of sp³-hybridized carbons (Fsp3) is 1.00. The maximum Gasteiger partial charge on any atom is 0.215 e. The number of halogens is 1. The SMILES string of the molecule is CCS(=O)(=O)NCCS(=O)(=O)N1CCCCC1CN.Cl. The van der Waals surface area contributed by atoms with Crippen molar-refractivity contribution in [3.05, 3.63) is 0 Å². The first-order valence-electron chi connectivity index (χ1n) is 6.49. The van der Waals surface area contributed by atoms with Gasteiger partial charge in [0, 0.05) is 25.7 Å². The second-order valence-corrected chi connectivity index (χ2v) is 8.75. The fourth-order valence-corrected chi connectivity index (χ4v) is 4.52. The zero-order valence-corrected chi connectivity index (χ0v) is 14.1. The standard InChI is InChI=1S/C10H23N3O4S2.ClH/c1-2-18(14,15)12-6-8-19(16,17)13-7-4-3-5-10(13)9-11;/h10,12H,2-9,11H2,1H3;1H. The highest BCUT2D eigenvalue weighted by Crippen LogP contribution is 2.19. The fourth-order valence-electron chi connectivity index (χ4n) is 2.12. The molecule has 1 atom stereocenters. The molecular formula is C10H24ClN3O4S2. The second kappa shape index (κ2) is 8.50. The van der Waals surface area contributed by atoms with E-state index in [-0.39, 0.29) is 36.5 Å². The van der Waals surface area contributed by atoms with Crippen molar-refractivity contribution in [3.63, 3.8) is 0 Å². The van der Waals surface area contributed by atoms with Gasteiger partial charge in [0.15, 0.2) is 0 Å². The molecular weight excluding hydrogens is 326 g/mol. The highest BCUT2D eigenvalue weighted by Gasteiger charge is 2.31. The van der Waals surface area contributed by atoms with Gasteiger partial charge in [-0.3, -0.25) is 0 Å². The third-order valence-electron chi connectivity index (χ3n) is 3.26. The zero-order chi connectivity index (χ0) is 14.5. The molecule has 122 valence electrons. The summed E-state index contributed by atoms with van der Waals surface area (Å²) in [5, 5.41) is 0. The van der Waals surface area contributed by atoms with Crippen LogP contribution in [0.2, 0.25) is 0 Å². The Hall–Kier alpha value is 0.0700. The third kappa shape index (κ3) is 5.82. The summed E-state index contributed by atoms with van der Waals surface area (Å²) in [7, 11) is -6.80. The summed E-state index contributed by atoms with van der Waals surface area (Å²) >= 11 is 0. The molecule has 0 amide bonds. The molecule has 1 unspecified atom stereocenters. The highest BCUT2D eigenvalue weighted by atomic mass is 35.5. The first kappa shape index (κ1) is 20.1. The van der Waals surface area contributed by atoms with Crippen LogP contribution in [0.3, 0.4) is 0 Å². The predicted molar refractivity (Wildman–Crippen MR) is 81.9 cm³/mol. The molecule has 0 bridgehead atoms. The summed E-state index contributed by atoms with van der Waals surface area (Å²) < 4.78 is 50.5. The monoisotopic (exact) mass is 349 g/mol. The average Bonchev–Trinajstić information content (AvgIpc) is 2.38. The maximum atomic E-state index is 12.2. The van der Waals surface area contributed by atoms with Crippen LogP contribution in [0, 0.1) is 0 Å². The Morgan fingerprint density at radius 1 is 1.25 bits per heavy atom. The van der Waals surface area contributed by atoms with E-state index in [0.29, 0.717) is 13.1 Å². The summed E-state index contributed by atoms with van der Waals surface area (Å²) in [5.74, 6) is -0.273. The molecule has 1 rings (SSSR count). The van der Waals surface area contributed by atoms with Crippen molar-refractivity contribution in [2.75, 3.05) is 31.1 Å². The van der Waals surface area contributed by atoms with E-state index < -0.39 is 20.0 Å². The van der Waals surface area contributed by atoms with Gasteiger partial charge in [0.2, 0.25) is 20.0 Å². The molecule has 1 heterocycles. The Kier molecular flexibility index (Phi) is 8.53. The summed E-state index contributed by atoms with van der Waals surface area (Å²) in [5.41, 5.74) is 5.59. The van der Waals surface area contributed by atoms with Crippen LogP contribution in [0.15, 0.2) is 0 Å². The topological polar surface area (TPSA) is 110 Å². The minimum Gasteiger partial charge on any atom is -0.329 e. The van der Waals surface area contributed by atoms with Crippen LogP contribution in [-0.2, 0) is 20.0 Å². The van der Waals surface area contributed by atoms with E-state index in [1.807, 2.05) is 0 Å². The van der Waals surface area contributed by atoms with E-state index in [9.17, 15) is 16.8 Å². The smallest absolute Gasteiger partial charge is 0.215 e. The molecule has 1 fully saturated rings. The number of nitrogens with one attached hydrogen (secondary N) is 1. The van der Waals surface area contributed by atoms with Crippen LogP contribution >= 0.6 is 12.4 Å². The molecule has 20 heavy (non-hydrogen) atoms. The number of piperidine rings is 1. The summed E-state index contributed by atoms with van der Waals surface area (Å²) in [6.45, 7) is 2.20. The van der Waals surface area contributed by atoms with Crippen LogP contribution < -0.4 is 10.5 Å². The molecule has 0 saturated carbocycles. The van der Waals surface area contributed by atoms with Gasteiger partial charge in [-0.15, -0.1) is 12.4 Å². The van der Waals surface area contributed by atoms with Gasteiger partial charge in [0.1, 0.15) is 0 Å². The van der Waals surface area contributed by atoms with Gasteiger partial charge in [-0.1, -0.05) is 6.42 Å². The number of sulfonamides is 2. The van der Waals surface area contributed by atoms with Crippen molar-refractivity contribution in [2.45, 2.75) is 32.2 Å². The van der Waals surface area contributed by atoms with E-state index >= 15 is 0 Å². The maximum absolute atomic E-state index is 12.2. The van der Waals surface area contributed by atoms with Crippen molar-refractivity contribution < 1.29 is 16.8 Å². The van der Waals surface area contributed by atoms with Crippen molar-refractivity contribution in [1.29, 1.82) is 0 Å². The summed E-state index contributed by atoms with van der Waals surface area (Å²) in [4.78, 5) is 0. The van der Waals surface area contributed by atoms with Crippen LogP contribution in [0.5, 0.6) is 0 Å². The Morgan fingerprint density at radius 3 is 2.45 bits per heavy atom. The van der Waals surface area contributed by atoms with Crippen molar-refractivity contribution in [3.8, 4) is 0 Å². The van der Waals surface area contributed by atoms with E-state index in [1.54, 1.807) is 0 Å². The minimum absolute atomic E-state index is 0. The molecule has 0 aromatic carbocycles. The first-order chi connectivity index (χ1) is 8.82. The van der Waals surface area contributed by atoms with Gasteiger partial charge in [0.05, 0.1) is 11.5 Å². The number of hydrogen-bond donors (Lipinski definition) is 2. The molecule has 0 radical (unpaired) electrons. The zero-order valence-electron chi connectivity index (χ0n) is 11.6. The Bertz CT molecular complexity index is 481. The molecule has 1 saturated heterocycles. The lowest BCUT2D eigenvalue weighted by molar-refractivity contribution is 0.257. The van der Waals surface area contributed by atoms with Gasteiger partial charge in [-0.2, -0.15) is 4.31 Å². The normalized spacial score (nSPS) is 21.4. The predicted octanol–water partition coefficient (Wildman–Crippen LogP) is -0.509. The van der Waals surface area contributed by atoms with E-state index in [2.05, 4.69) is 4.72 Å². The summed E-state index contributed by atoms with van der Waals surface area (Å²) in [6, 6.07) is -0.151. The summed E-state index contributed by atoms with van der Waals surface area (Å²) in [6.07, 6.45) is 2.59. The Balaban J connectivity index is 0.00000361. The van der Waals surface area contributed by atoms with Crippen molar-refractivity contribution in [1.82, 2.24) is 9.03 Å². The van der Waals surface area contributed by atoms with Crippen LogP contribution in [0.25, 0.3) is 0 Å². The average molecular weight is 350 g/mol. The second-order valence-electron chi connectivity index (χ2n) is 4.61. The molecule has 0 aliphatic carbocycles. The van der Waals surface area contributed by atoms with Crippen LogP contribution in [0.4, 0.5) is 0 Å². The van der Waals surface area contributed by atoms with Crippen LogP contribution in [-0.4, -0.2) is 58.3 Å². The van der Waals surface area contributed by atoms with Gasteiger partial charge in [-0.05, 0) is 19.8 Å². The number of hydrogen-bond acceptors (Lipinski definition) is 5. The molecule has 0 aromatic rings. The Labute approximate surface area is 127 Å². The number of nitrogens with two attached hydrogens (primary N) is 1. The first-order valence-corrected chi connectivity index (χ1v) is 9.75. The van der Waals surface area contributed by atoms with Crippen LogP contribution in [0.1, 0.15) is 26.2 Å². The molecule has 0 spiro atoms. The molecule has 0 aromatic heterocycles. The van der Waals surface area contributed by atoms with E-state index in [1.165, 1.54) is 11.2 Å². The van der Waals surface area contributed by atoms with E-state index in [0.717, 1.165) is 19.3 Å². The molecule has 1 aliphatic rings. The van der Waals surface area contributed by atoms with E-state index in [4.69, 9.17) is 5.73 Å². The highest BCUT2D eigenvalue weighted by molar-refractivity contribution is 7.90. The number of nitrogens with zero attached hydrogens (tertiary/aromatic N) is 1. The molecule has 1 aliphatic heterocycles. The lowest BCUT2D eigenvalue weighted by atomic mass is 10.1. The Morgan fingerprint density at radius 2 is 1.90 bits per heavy atom. The molecule has 3 N–H and O–H groups in total. The van der Waals surface area contributed by atoms with Gasteiger partial charge in [0.25, 0.3) is 0 Å². The van der Waals surface area contributed by atoms with Gasteiger partial charge in [-0.25, -0.2) is 21.6 Å². The molecule has 10 heteroatoms. The molecule has 7 nitrogen and oxygen atoms in total. The van der Waals surface area contributed by atoms with Crippen molar-refractivity contribution in [2.24, 2.45) is 5.73 Å². The third-order valence-corrected chi connectivity index (χ3v) is 6.58. The lowest BCUT2D eigenvalue weighted by Gasteiger charge is -2.33. The van der Waals surface area contributed by atoms with Gasteiger partial charge >= 0.3 is 0 Å². The lowest BCUT2D eigenvalue weighted by Crippen LogP contribution is -2.49. The van der Waals surface area contributed by atoms with Crippen molar-refractivity contribution >= 4 is 32.5 Å². The quantitative estimate of drug-likeness (QED) is 0.643. The largest absolute Gasteiger partial charge is 0.329 e. The number of rotatable bonds is 7. The minimum atomic E-state index is -3.45. The van der Waals surface area contributed by atoms with Gasteiger partial charge < -0.3 is 5.73 Å².